The second kappa shape index (κ2) is 6.99. The molecule has 1 N–H and O–H groups in total. The highest BCUT2D eigenvalue weighted by molar-refractivity contribution is 5.92. The molecule has 0 atom stereocenters. The molecule has 0 aliphatic rings. The van der Waals surface area contributed by atoms with Gasteiger partial charge in [-0.05, 0) is 24.3 Å². The first-order chi connectivity index (χ1) is 11.7. The zero-order valence-corrected chi connectivity index (χ0v) is 13.5. The Morgan fingerprint density at radius 2 is 2.00 bits per heavy atom. The van der Waals surface area contributed by atoms with Gasteiger partial charge in [0.25, 0.3) is 0 Å². The largest absolute Gasteiger partial charge is 0.497 e. The third kappa shape index (κ3) is 3.29. The van der Waals surface area contributed by atoms with E-state index in [1.165, 1.54) is 0 Å². The van der Waals surface area contributed by atoms with Crippen molar-refractivity contribution < 1.29 is 14.3 Å². The molecule has 0 spiro atoms. The van der Waals surface area contributed by atoms with Gasteiger partial charge >= 0.3 is 0 Å². The van der Waals surface area contributed by atoms with Crippen LogP contribution in [0.4, 0.5) is 5.69 Å². The summed E-state index contributed by atoms with van der Waals surface area (Å²) in [6.45, 7) is 0.443. The summed E-state index contributed by atoms with van der Waals surface area (Å²) < 4.78 is 12.1. The number of aryl methyl sites for hydroxylation is 1. The highest BCUT2D eigenvalue weighted by atomic mass is 16.5. The van der Waals surface area contributed by atoms with Crippen LogP contribution >= 0.6 is 0 Å². The minimum absolute atomic E-state index is 0.138. The maximum absolute atomic E-state index is 12.2. The fraction of sp³-hybridized carbons (Fsp3) is 0.235. The standard InChI is InChI=1S/C17H18N4O3/c1-23-12-7-8-16(24-2)14(11-12)18-17(22)9-10-21-15-6-4-3-5-13(15)19-20-21/h3-8,11H,9-10H2,1-2H3,(H,18,22). The molecule has 0 saturated heterocycles. The van der Waals surface area contributed by atoms with Crippen LogP contribution in [-0.2, 0) is 11.3 Å². The number of amides is 1. The van der Waals surface area contributed by atoms with Crippen LogP contribution in [0, 0.1) is 0 Å². The van der Waals surface area contributed by atoms with E-state index in [0.29, 0.717) is 23.7 Å². The zero-order valence-electron chi connectivity index (χ0n) is 13.5. The topological polar surface area (TPSA) is 78.3 Å². The first kappa shape index (κ1) is 15.8. The van der Waals surface area contributed by atoms with Crippen molar-refractivity contribution in [2.45, 2.75) is 13.0 Å². The van der Waals surface area contributed by atoms with Crippen LogP contribution < -0.4 is 14.8 Å². The zero-order chi connectivity index (χ0) is 16.9. The van der Waals surface area contributed by atoms with E-state index in [1.807, 2.05) is 24.3 Å². The highest BCUT2D eigenvalue weighted by Gasteiger charge is 2.10. The van der Waals surface area contributed by atoms with E-state index >= 15 is 0 Å². The lowest BCUT2D eigenvalue weighted by Crippen LogP contribution is -2.15. The SMILES string of the molecule is COc1ccc(OC)c(NC(=O)CCn2nnc3ccccc32)c1. The molecule has 0 fully saturated rings. The quantitative estimate of drug-likeness (QED) is 0.753. The Kier molecular flexibility index (Phi) is 4.60. The molecule has 124 valence electrons. The normalized spacial score (nSPS) is 10.6. The van der Waals surface area contributed by atoms with Crippen molar-refractivity contribution in [3.05, 3.63) is 42.5 Å². The maximum Gasteiger partial charge on any atom is 0.226 e. The molecule has 0 bridgehead atoms. The third-order valence-electron chi connectivity index (χ3n) is 3.65. The molecule has 0 saturated carbocycles. The van der Waals surface area contributed by atoms with Crippen molar-refractivity contribution in [2.24, 2.45) is 0 Å². The summed E-state index contributed by atoms with van der Waals surface area (Å²) in [5.41, 5.74) is 2.29. The van der Waals surface area contributed by atoms with Crippen LogP contribution in [0.1, 0.15) is 6.42 Å². The summed E-state index contributed by atoms with van der Waals surface area (Å²) in [5, 5.41) is 11.0. The Hall–Kier alpha value is -3.09. The summed E-state index contributed by atoms with van der Waals surface area (Å²) >= 11 is 0. The van der Waals surface area contributed by atoms with Crippen LogP contribution in [-0.4, -0.2) is 35.1 Å². The van der Waals surface area contributed by atoms with Crippen molar-refractivity contribution in [2.75, 3.05) is 19.5 Å². The second-order valence-electron chi connectivity index (χ2n) is 5.17. The minimum Gasteiger partial charge on any atom is -0.497 e. The number of rotatable bonds is 6. The van der Waals surface area contributed by atoms with E-state index in [1.54, 1.807) is 37.1 Å². The molecule has 1 amide bonds. The summed E-state index contributed by atoms with van der Waals surface area (Å²) in [6.07, 6.45) is 0.272. The molecule has 7 heteroatoms. The van der Waals surface area contributed by atoms with Gasteiger partial charge in [-0.3, -0.25) is 4.79 Å². The van der Waals surface area contributed by atoms with Gasteiger partial charge < -0.3 is 14.8 Å². The summed E-state index contributed by atoms with van der Waals surface area (Å²) in [6, 6.07) is 12.9. The predicted octanol–water partition coefficient (Wildman–Crippen LogP) is 2.48. The van der Waals surface area contributed by atoms with Gasteiger partial charge in [0.05, 0.1) is 32.0 Å². The number of para-hydroxylation sites is 1. The van der Waals surface area contributed by atoms with Crippen molar-refractivity contribution in [3.8, 4) is 11.5 Å². The van der Waals surface area contributed by atoms with Crippen molar-refractivity contribution >= 4 is 22.6 Å². The Morgan fingerprint density at radius 1 is 1.17 bits per heavy atom. The first-order valence-electron chi connectivity index (χ1n) is 7.51. The Bertz CT molecular complexity index is 860. The number of methoxy groups -OCH3 is 2. The molecule has 7 nitrogen and oxygen atoms in total. The molecule has 0 unspecified atom stereocenters. The van der Waals surface area contributed by atoms with Crippen LogP contribution in [0.2, 0.25) is 0 Å². The fourth-order valence-corrected chi connectivity index (χ4v) is 2.41. The number of nitrogens with one attached hydrogen (secondary N) is 1. The number of anilines is 1. The van der Waals surface area contributed by atoms with E-state index < -0.39 is 0 Å². The average Bonchev–Trinajstić information content (AvgIpc) is 3.03. The number of fused-ring (bicyclic) bond motifs is 1. The molecule has 0 radical (unpaired) electrons. The minimum atomic E-state index is -0.138. The summed E-state index contributed by atoms with van der Waals surface area (Å²) in [4.78, 5) is 12.2. The Labute approximate surface area is 139 Å². The van der Waals surface area contributed by atoms with Gasteiger partial charge in [0.1, 0.15) is 17.0 Å². The number of ether oxygens (including phenoxy) is 2. The van der Waals surface area contributed by atoms with Crippen LogP contribution in [0.15, 0.2) is 42.5 Å². The van der Waals surface area contributed by atoms with Crippen LogP contribution in [0.5, 0.6) is 11.5 Å². The molecule has 24 heavy (non-hydrogen) atoms. The predicted molar refractivity (Wildman–Crippen MR) is 90.3 cm³/mol. The lowest BCUT2D eigenvalue weighted by molar-refractivity contribution is -0.116. The molecule has 1 aromatic heterocycles. The van der Waals surface area contributed by atoms with Crippen LogP contribution in [0.25, 0.3) is 11.0 Å². The van der Waals surface area contributed by atoms with E-state index in [2.05, 4.69) is 15.6 Å². The van der Waals surface area contributed by atoms with Gasteiger partial charge in [-0.15, -0.1) is 5.10 Å². The lowest BCUT2D eigenvalue weighted by Gasteiger charge is -2.11. The molecule has 1 heterocycles. The van der Waals surface area contributed by atoms with Gasteiger partial charge in [-0.25, -0.2) is 4.68 Å². The van der Waals surface area contributed by atoms with E-state index in [4.69, 9.17) is 9.47 Å². The molecule has 3 rings (SSSR count). The van der Waals surface area contributed by atoms with E-state index in [0.717, 1.165) is 11.0 Å². The first-order valence-corrected chi connectivity index (χ1v) is 7.51. The monoisotopic (exact) mass is 326 g/mol. The number of nitrogens with zero attached hydrogens (tertiary/aromatic N) is 3. The van der Waals surface area contributed by atoms with Gasteiger partial charge in [-0.1, -0.05) is 17.3 Å². The fourth-order valence-electron chi connectivity index (χ4n) is 2.41. The second-order valence-corrected chi connectivity index (χ2v) is 5.17. The third-order valence-corrected chi connectivity index (χ3v) is 3.65. The molecular weight excluding hydrogens is 308 g/mol. The highest BCUT2D eigenvalue weighted by Crippen LogP contribution is 2.29. The number of hydrogen-bond acceptors (Lipinski definition) is 5. The Morgan fingerprint density at radius 3 is 2.79 bits per heavy atom. The molecule has 0 aliphatic heterocycles. The number of carbonyl (C=O) groups excluding carboxylic acids is 1. The number of hydrogen-bond donors (Lipinski definition) is 1. The van der Waals surface area contributed by atoms with Crippen molar-refractivity contribution in [3.63, 3.8) is 0 Å². The smallest absolute Gasteiger partial charge is 0.226 e. The summed E-state index contributed by atoms with van der Waals surface area (Å²) in [5.74, 6) is 1.09. The van der Waals surface area contributed by atoms with Gasteiger partial charge in [0.15, 0.2) is 0 Å². The van der Waals surface area contributed by atoms with E-state index in [-0.39, 0.29) is 12.3 Å². The number of carbonyl (C=O) groups is 1. The van der Waals surface area contributed by atoms with Gasteiger partial charge in [-0.2, -0.15) is 0 Å². The molecular formula is C17H18N4O3. The van der Waals surface area contributed by atoms with Crippen LogP contribution in [0.3, 0.4) is 0 Å². The maximum atomic E-state index is 12.2. The molecule has 3 aromatic rings. The lowest BCUT2D eigenvalue weighted by atomic mass is 10.2. The number of benzene rings is 2. The summed E-state index contributed by atoms with van der Waals surface area (Å²) in [7, 11) is 3.13. The van der Waals surface area contributed by atoms with E-state index in [9.17, 15) is 4.79 Å². The molecule has 0 aliphatic carbocycles. The average molecular weight is 326 g/mol. The van der Waals surface area contributed by atoms with Gasteiger partial charge in [0.2, 0.25) is 5.91 Å². The Balaban J connectivity index is 1.68. The molecule has 2 aromatic carbocycles. The van der Waals surface area contributed by atoms with Crippen molar-refractivity contribution in [1.82, 2.24) is 15.0 Å². The van der Waals surface area contributed by atoms with Crippen molar-refractivity contribution in [1.29, 1.82) is 0 Å². The number of aromatic nitrogens is 3. The van der Waals surface area contributed by atoms with Gasteiger partial charge in [0, 0.05) is 12.5 Å².